The second-order valence-corrected chi connectivity index (χ2v) is 5.27. The average Bonchev–Trinajstić information content (AvgIpc) is 2.77. The van der Waals surface area contributed by atoms with Crippen molar-refractivity contribution in [2.24, 2.45) is 5.73 Å². The van der Waals surface area contributed by atoms with E-state index in [1.807, 2.05) is 0 Å². The van der Waals surface area contributed by atoms with E-state index in [1.165, 1.54) is 6.07 Å². The lowest BCUT2D eigenvalue weighted by Crippen LogP contribution is -2.42. The van der Waals surface area contributed by atoms with Crippen LogP contribution in [0, 0.1) is 11.6 Å². The van der Waals surface area contributed by atoms with Crippen LogP contribution in [0.1, 0.15) is 37.7 Å². The molecule has 19 heavy (non-hydrogen) atoms. The van der Waals surface area contributed by atoms with Crippen LogP contribution in [0.4, 0.5) is 8.78 Å². The van der Waals surface area contributed by atoms with Gasteiger partial charge >= 0.3 is 0 Å². The second kappa shape index (κ2) is 5.65. The Morgan fingerprint density at radius 3 is 2.58 bits per heavy atom. The molecule has 0 heterocycles. The highest BCUT2D eigenvalue weighted by atomic mass is 19.2. The van der Waals surface area contributed by atoms with E-state index in [2.05, 4.69) is 5.32 Å². The predicted molar refractivity (Wildman–Crippen MR) is 68.2 cm³/mol. The van der Waals surface area contributed by atoms with Crippen molar-refractivity contribution in [3.8, 4) is 0 Å². The quantitative estimate of drug-likeness (QED) is 0.880. The first-order valence-corrected chi connectivity index (χ1v) is 6.48. The Hall–Kier alpha value is -1.49. The lowest BCUT2D eigenvalue weighted by molar-refractivity contribution is -0.122. The highest BCUT2D eigenvalue weighted by molar-refractivity contribution is 5.77. The van der Waals surface area contributed by atoms with Gasteiger partial charge in [0.1, 0.15) is 0 Å². The van der Waals surface area contributed by atoms with Gasteiger partial charge in [-0.2, -0.15) is 0 Å². The number of halogens is 2. The van der Waals surface area contributed by atoms with Gasteiger partial charge in [-0.1, -0.05) is 18.9 Å². The zero-order valence-electron chi connectivity index (χ0n) is 10.7. The van der Waals surface area contributed by atoms with Gasteiger partial charge in [-0.15, -0.1) is 0 Å². The van der Waals surface area contributed by atoms with Crippen molar-refractivity contribution in [2.45, 2.75) is 44.2 Å². The number of rotatable bonds is 4. The first-order chi connectivity index (χ1) is 8.98. The smallest absolute Gasteiger partial charge is 0.222 e. The third-order valence-corrected chi connectivity index (χ3v) is 3.59. The number of hydrogen-bond donors (Lipinski definition) is 2. The maximum atomic E-state index is 13.0. The van der Waals surface area contributed by atoms with Gasteiger partial charge in [0.2, 0.25) is 5.91 Å². The van der Waals surface area contributed by atoms with Crippen molar-refractivity contribution < 1.29 is 13.6 Å². The maximum absolute atomic E-state index is 13.0. The van der Waals surface area contributed by atoms with Crippen molar-refractivity contribution in [1.82, 2.24) is 5.32 Å². The third kappa shape index (κ3) is 3.73. The minimum absolute atomic E-state index is 0.144. The Labute approximate surface area is 111 Å². The van der Waals surface area contributed by atoms with Crippen LogP contribution in [0.5, 0.6) is 0 Å². The molecule has 1 amide bonds. The molecule has 0 atom stereocenters. The van der Waals surface area contributed by atoms with E-state index >= 15 is 0 Å². The fourth-order valence-electron chi connectivity index (χ4n) is 2.49. The summed E-state index contributed by atoms with van der Waals surface area (Å²) in [6.07, 6.45) is 4.15. The standard InChI is InChI=1S/C14H18F2N2O/c15-11-4-3-10(7-12(11)16)9-18-13(19)8-14(17)5-1-2-6-14/h3-4,7H,1-2,5-6,8-9,17H2,(H,18,19). The summed E-state index contributed by atoms with van der Waals surface area (Å²) in [5.74, 6) is -1.94. The molecule has 2 rings (SSSR count). The van der Waals surface area contributed by atoms with Crippen LogP contribution < -0.4 is 11.1 Å². The number of hydrogen-bond acceptors (Lipinski definition) is 2. The Morgan fingerprint density at radius 2 is 1.95 bits per heavy atom. The summed E-state index contributed by atoms with van der Waals surface area (Å²) < 4.78 is 25.7. The van der Waals surface area contributed by atoms with Crippen molar-refractivity contribution in [3.05, 3.63) is 35.4 Å². The van der Waals surface area contributed by atoms with Crippen molar-refractivity contribution >= 4 is 5.91 Å². The number of benzene rings is 1. The van der Waals surface area contributed by atoms with E-state index < -0.39 is 17.2 Å². The first-order valence-electron chi connectivity index (χ1n) is 6.48. The molecule has 1 fully saturated rings. The minimum atomic E-state index is -0.905. The van der Waals surface area contributed by atoms with Gasteiger partial charge < -0.3 is 11.1 Å². The van der Waals surface area contributed by atoms with E-state index in [-0.39, 0.29) is 18.9 Å². The predicted octanol–water partition coefficient (Wildman–Crippen LogP) is 2.24. The van der Waals surface area contributed by atoms with Gasteiger partial charge in [-0.3, -0.25) is 4.79 Å². The Bertz CT molecular complexity index is 471. The topological polar surface area (TPSA) is 55.1 Å². The van der Waals surface area contributed by atoms with Crippen molar-refractivity contribution in [2.75, 3.05) is 0 Å². The lowest BCUT2D eigenvalue weighted by atomic mass is 9.94. The molecule has 1 saturated carbocycles. The molecule has 1 aliphatic carbocycles. The van der Waals surface area contributed by atoms with Crippen LogP contribution in [0.2, 0.25) is 0 Å². The van der Waals surface area contributed by atoms with Crippen LogP contribution in [-0.2, 0) is 11.3 Å². The van der Waals surface area contributed by atoms with Gasteiger partial charge in [0, 0.05) is 18.5 Å². The number of nitrogens with one attached hydrogen (secondary N) is 1. The van der Waals surface area contributed by atoms with Gasteiger partial charge in [0.15, 0.2) is 11.6 Å². The maximum Gasteiger partial charge on any atom is 0.222 e. The van der Waals surface area contributed by atoms with Crippen LogP contribution in [0.15, 0.2) is 18.2 Å². The van der Waals surface area contributed by atoms with Gasteiger partial charge in [-0.25, -0.2) is 8.78 Å². The SMILES string of the molecule is NC1(CC(=O)NCc2ccc(F)c(F)c2)CCCC1. The average molecular weight is 268 g/mol. The molecule has 0 radical (unpaired) electrons. The highest BCUT2D eigenvalue weighted by Crippen LogP contribution is 2.29. The largest absolute Gasteiger partial charge is 0.352 e. The fourth-order valence-corrected chi connectivity index (χ4v) is 2.49. The van der Waals surface area contributed by atoms with E-state index in [0.29, 0.717) is 5.56 Å². The number of carbonyl (C=O) groups excluding carboxylic acids is 1. The van der Waals surface area contributed by atoms with Gasteiger partial charge in [0.05, 0.1) is 0 Å². The molecule has 0 aliphatic heterocycles. The van der Waals surface area contributed by atoms with Crippen molar-refractivity contribution in [1.29, 1.82) is 0 Å². The molecular formula is C14H18F2N2O. The van der Waals surface area contributed by atoms with E-state index in [9.17, 15) is 13.6 Å². The summed E-state index contributed by atoms with van der Waals surface area (Å²) in [5, 5.41) is 2.69. The molecule has 0 spiro atoms. The molecule has 1 aromatic rings. The summed E-state index contributed by atoms with van der Waals surface area (Å²) >= 11 is 0. The highest BCUT2D eigenvalue weighted by Gasteiger charge is 2.31. The second-order valence-electron chi connectivity index (χ2n) is 5.27. The normalized spacial score (nSPS) is 17.4. The molecule has 0 aromatic heterocycles. The zero-order chi connectivity index (χ0) is 13.9. The Kier molecular flexibility index (Phi) is 4.14. The molecule has 0 unspecified atom stereocenters. The van der Waals surface area contributed by atoms with Crippen LogP contribution in [-0.4, -0.2) is 11.4 Å². The fraction of sp³-hybridized carbons (Fsp3) is 0.500. The van der Waals surface area contributed by atoms with Crippen LogP contribution in [0.25, 0.3) is 0 Å². The molecule has 1 aliphatic rings. The number of nitrogens with two attached hydrogens (primary N) is 1. The monoisotopic (exact) mass is 268 g/mol. The summed E-state index contributed by atoms with van der Waals surface area (Å²) in [4.78, 5) is 11.8. The van der Waals surface area contributed by atoms with E-state index in [1.54, 1.807) is 0 Å². The molecule has 3 N–H and O–H groups in total. The molecule has 104 valence electrons. The molecule has 3 nitrogen and oxygen atoms in total. The molecule has 5 heteroatoms. The molecular weight excluding hydrogens is 250 g/mol. The van der Waals surface area contributed by atoms with Crippen LogP contribution in [0.3, 0.4) is 0 Å². The summed E-state index contributed by atoms with van der Waals surface area (Å²) in [7, 11) is 0. The van der Waals surface area contributed by atoms with Gasteiger partial charge in [0.25, 0.3) is 0 Å². The number of carbonyl (C=O) groups is 1. The zero-order valence-corrected chi connectivity index (χ0v) is 10.7. The van der Waals surface area contributed by atoms with Gasteiger partial charge in [-0.05, 0) is 30.5 Å². The van der Waals surface area contributed by atoms with Crippen LogP contribution >= 0.6 is 0 Å². The summed E-state index contributed by atoms with van der Waals surface area (Å²) in [6, 6.07) is 3.59. The molecule has 0 saturated heterocycles. The lowest BCUT2D eigenvalue weighted by Gasteiger charge is -2.22. The Morgan fingerprint density at radius 1 is 1.26 bits per heavy atom. The first kappa shape index (κ1) is 13.9. The number of amides is 1. The summed E-state index contributed by atoms with van der Waals surface area (Å²) in [5.41, 5.74) is 6.24. The van der Waals surface area contributed by atoms with Crippen molar-refractivity contribution in [3.63, 3.8) is 0 Å². The molecule has 0 bridgehead atoms. The molecule has 1 aromatic carbocycles. The third-order valence-electron chi connectivity index (χ3n) is 3.59. The van der Waals surface area contributed by atoms with E-state index in [4.69, 9.17) is 5.73 Å². The van der Waals surface area contributed by atoms with E-state index in [0.717, 1.165) is 37.8 Å². The minimum Gasteiger partial charge on any atom is -0.352 e. The summed E-state index contributed by atoms with van der Waals surface area (Å²) in [6.45, 7) is 0.187. The Balaban J connectivity index is 1.84.